The number of allylic oxidation sites excluding steroid dienone is 1. The van der Waals surface area contributed by atoms with E-state index in [1.165, 1.54) is 6.08 Å². The fourth-order valence-electron chi connectivity index (χ4n) is 3.51. The predicted molar refractivity (Wildman–Crippen MR) is 87.0 cm³/mol. The maximum Gasteiger partial charge on any atom is 0.416 e. The van der Waals surface area contributed by atoms with Gasteiger partial charge in [0.25, 0.3) is 0 Å². The Morgan fingerprint density at radius 2 is 2.08 bits per heavy atom. The molecule has 0 bridgehead atoms. The van der Waals surface area contributed by atoms with Crippen LogP contribution in [-0.4, -0.2) is 35.5 Å². The molecule has 1 saturated carbocycles. The lowest BCUT2D eigenvalue weighted by Gasteiger charge is -2.21. The average molecular weight is 342 g/mol. The van der Waals surface area contributed by atoms with Crippen molar-refractivity contribution in [2.75, 3.05) is 6.61 Å². The third-order valence-electron chi connectivity index (χ3n) is 4.91. The van der Waals surface area contributed by atoms with Crippen LogP contribution < -0.4 is 5.11 Å². The van der Waals surface area contributed by atoms with Crippen molar-refractivity contribution >= 4 is 18.0 Å². The van der Waals surface area contributed by atoms with Gasteiger partial charge in [-0.15, -0.1) is 6.58 Å². The second kappa shape index (κ2) is 7.09. The summed E-state index contributed by atoms with van der Waals surface area (Å²) in [6.45, 7) is 3.71. The van der Waals surface area contributed by atoms with Crippen LogP contribution in [0.5, 0.6) is 0 Å². The number of imide groups is 1. The number of carbonyl (C=O) groups is 3. The van der Waals surface area contributed by atoms with E-state index in [9.17, 15) is 19.5 Å². The lowest BCUT2D eigenvalue weighted by Crippen LogP contribution is -2.42. The first-order valence-electron chi connectivity index (χ1n) is 8.38. The molecule has 0 N–H and O–H groups in total. The number of carbonyl (C=O) groups excluding carboxylic acids is 3. The van der Waals surface area contributed by atoms with Crippen LogP contribution in [0.1, 0.15) is 18.4 Å². The van der Waals surface area contributed by atoms with Gasteiger partial charge in [-0.1, -0.05) is 36.4 Å². The van der Waals surface area contributed by atoms with Gasteiger partial charge in [-0.05, 0) is 30.7 Å². The van der Waals surface area contributed by atoms with E-state index >= 15 is 0 Å². The minimum absolute atomic E-state index is 0.160. The highest BCUT2D eigenvalue weighted by atomic mass is 16.6. The fraction of sp³-hybridized carbons (Fsp3) is 0.421. The Bertz CT molecular complexity index is 686. The highest BCUT2D eigenvalue weighted by Crippen LogP contribution is 2.47. The van der Waals surface area contributed by atoms with Gasteiger partial charge in [0.1, 0.15) is 6.61 Å². The molecule has 0 radical (unpaired) electrons. The lowest BCUT2D eigenvalue weighted by molar-refractivity contribution is -0.312. The summed E-state index contributed by atoms with van der Waals surface area (Å²) in [6, 6.07) is 9.20. The Morgan fingerprint density at radius 1 is 1.36 bits per heavy atom. The molecule has 25 heavy (non-hydrogen) atoms. The summed E-state index contributed by atoms with van der Waals surface area (Å²) in [5.74, 6) is -3.03. The van der Waals surface area contributed by atoms with E-state index in [2.05, 4.69) is 6.58 Å². The Balaban J connectivity index is 1.69. The van der Waals surface area contributed by atoms with Crippen molar-refractivity contribution in [1.29, 1.82) is 0 Å². The molecule has 1 saturated heterocycles. The molecule has 0 spiro atoms. The van der Waals surface area contributed by atoms with E-state index in [0.29, 0.717) is 12.8 Å². The topological polar surface area (TPSA) is 86.7 Å². The molecule has 132 valence electrons. The number of hydrogen-bond acceptors (Lipinski definition) is 5. The molecule has 1 aliphatic heterocycles. The van der Waals surface area contributed by atoms with Crippen LogP contribution in [0.15, 0.2) is 43.0 Å². The monoisotopic (exact) mass is 342 g/mol. The predicted octanol–water partition coefficient (Wildman–Crippen LogP) is 1.15. The van der Waals surface area contributed by atoms with Gasteiger partial charge in [0, 0.05) is 17.8 Å². The third-order valence-corrected chi connectivity index (χ3v) is 4.91. The minimum Gasteiger partial charge on any atom is -0.550 e. The molecule has 3 rings (SSSR count). The van der Waals surface area contributed by atoms with Crippen LogP contribution in [0.2, 0.25) is 0 Å². The summed E-state index contributed by atoms with van der Waals surface area (Å²) in [6.07, 6.45) is 2.10. The van der Waals surface area contributed by atoms with Crippen molar-refractivity contribution in [3.63, 3.8) is 0 Å². The van der Waals surface area contributed by atoms with Crippen molar-refractivity contribution < 1.29 is 24.2 Å². The van der Waals surface area contributed by atoms with Gasteiger partial charge in [-0.25, -0.2) is 9.69 Å². The summed E-state index contributed by atoms with van der Waals surface area (Å²) >= 11 is 0. The summed E-state index contributed by atoms with van der Waals surface area (Å²) in [7, 11) is 0. The highest BCUT2D eigenvalue weighted by Gasteiger charge is 2.52. The van der Waals surface area contributed by atoms with Crippen LogP contribution in [0.3, 0.4) is 0 Å². The lowest BCUT2D eigenvalue weighted by atomic mass is 9.98. The Morgan fingerprint density at radius 3 is 2.72 bits per heavy atom. The number of amides is 2. The molecule has 2 aliphatic rings. The zero-order chi connectivity index (χ0) is 18.0. The zero-order valence-corrected chi connectivity index (χ0v) is 13.8. The quantitative estimate of drug-likeness (QED) is 0.694. The molecule has 2 fully saturated rings. The van der Waals surface area contributed by atoms with Crippen LogP contribution in [0, 0.1) is 17.8 Å². The summed E-state index contributed by atoms with van der Waals surface area (Å²) in [4.78, 5) is 37.2. The van der Waals surface area contributed by atoms with E-state index in [1.807, 2.05) is 30.3 Å². The van der Waals surface area contributed by atoms with E-state index in [1.54, 1.807) is 0 Å². The van der Waals surface area contributed by atoms with Gasteiger partial charge in [-0.2, -0.15) is 0 Å². The van der Waals surface area contributed by atoms with Crippen LogP contribution in [0.25, 0.3) is 0 Å². The van der Waals surface area contributed by atoms with Crippen LogP contribution >= 0.6 is 0 Å². The number of nitrogens with zero attached hydrogens (tertiary/aromatic N) is 1. The fourth-order valence-corrected chi connectivity index (χ4v) is 3.51. The number of aliphatic carboxylic acids is 1. The zero-order valence-electron chi connectivity index (χ0n) is 13.8. The molecular weight excluding hydrogens is 322 g/mol. The van der Waals surface area contributed by atoms with Crippen molar-refractivity contribution in [3.8, 4) is 0 Å². The number of ether oxygens (including phenoxy) is 1. The SMILES string of the molecule is C=CC[C@H](C(=O)[O-])[C@H]1CC1C(=O)N1C(=O)OC[C@H]1Cc1ccccc1. The van der Waals surface area contributed by atoms with Crippen LogP contribution in [-0.2, 0) is 20.7 Å². The number of rotatable bonds is 7. The smallest absolute Gasteiger partial charge is 0.416 e. The molecule has 1 heterocycles. The summed E-state index contributed by atoms with van der Waals surface area (Å²) < 4.78 is 5.06. The van der Waals surface area contributed by atoms with Crippen molar-refractivity contribution in [2.24, 2.45) is 17.8 Å². The van der Waals surface area contributed by atoms with E-state index in [4.69, 9.17) is 4.74 Å². The second-order valence-electron chi connectivity index (χ2n) is 6.58. The molecule has 0 aromatic heterocycles. The maximum absolute atomic E-state index is 12.7. The molecular formula is C19H20NO5-. The van der Waals surface area contributed by atoms with E-state index in [0.717, 1.165) is 10.5 Å². The number of carboxylic acid groups (broad SMARTS) is 1. The Labute approximate surface area is 146 Å². The highest BCUT2D eigenvalue weighted by molar-refractivity contribution is 5.96. The van der Waals surface area contributed by atoms with E-state index < -0.39 is 23.9 Å². The normalized spacial score (nSPS) is 26.0. The molecule has 4 atom stereocenters. The van der Waals surface area contributed by atoms with Crippen LogP contribution in [0.4, 0.5) is 4.79 Å². The average Bonchev–Trinajstić information content (AvgIpc) is 3.30. The largest absolute Gasteiger partial charge is 0.550 e. The Kier molecular flexibility index (Phi) is 4.88. The van der Waals surface area contributed by atoms with Gasteiger partial charge in [0.15, 0.2) is 0 Å². The molecule has 1 aliphatic carbocycles. The van der Waals surface area contributed by atoms with Crippen molar-refractivity contribution in [1.82, 2.24) is 4.90 Å². The number of benzene rings is 1. The maximum atomic E-state index is 12.7. The standard InChI is InChI=1S/C19H21NO5/c1-2-6-14(18(22)23)15-10-16(15)17(21)20-13(11-25-19(20)24)9-12-7-4-3-5-8-12/h2-5,7-8,13-16H,1,6,9-11H2,(H,22,23)/p-1/t13-,14+,15-,16?/m1/s1. The van der Waals surface area contributed by atoms with Gasteiger partial charge < -0.3 is 14.6 Å². The first-order chi connectivity index (χ1) is 12.0. The number of carboxylic acids is 1. The van der Waals surface area contributed by atoms with Gasteiger partial charge >= 0.3 is 6.09 Å². The van der Waals surface area contributed by atoms with Gasteiger partial charge in [0.2, 0.25) is 5.91 Å². The third kappa shape index (κ3) is 3.57. The van der Waals surface area contributed by atoms with Gasteiger partial charge in [-0.3, -0.25) is 4.79 Å². The summed E-state index contributed by atoms with van der Waals surface area (Å²) in [5.41, 5.74) is 1.01. The molecule has 6 heteroatoms. The van der Waals surface area contributed by atoms with Crippen molar-refractivity contribution in [3.05, 3.63) is 48.6 Å². The van der Waals surface area contributed by atoms with Gasteiger partial charge in [0.05, 0.1) is 6.04 Å². The van der Waals surface area contributed by atoms with E-state index in [-0.39, 0.29) is 30.9 Å². The summed E-state index contributed by atoms with van der Waals surface area (Å²) in [5, 5.41) is 11.3. The molecule has 1 aromatic carbocycles. The molecule has 2 amide bonds. The molecule has 1 aromatic rings. The number of hydrogen-bond donors (Lipinski definition) is 0. The first kappa shape index (κ1) is 17.2. The minimum atomic E-state index is -1.18. The Hall–Kier alpha value is -2.63. The van der Waals surface area contributed by atoms with Crippen molar-refractivity contribution in [2.45, 2.75) is 25.3 Å². The second-order valence-corrected chi connectivity index (χ2v) is 6.58. The molecule has 6 nitrogen and oxygen atoms in total. The molecule has 1 unspecified atom stereocenters. The first-order valence-corrected chi connectivity index (χ1v) is 8.38. The number of cyclic esters (lactones) is 1.